The lowest BCUT2D eigenvalue weighted by atomic mass is 10.1. The molecule has 1 amide bonds. The molecule has 4 nitrogen and oxygen atoms in total. The monoisotopic (exact) mass is 524 g/mol. The van der Waals surface area contributed by atoms with Crippen LogP contribution < -0.4 is 10.1 Å². The summed E-state index contributed by atoms with van der Waals surface area (Å²) in [7, 11) is 0. The molecule has 0 saturated carbocycles. The first kappa shape index (κ1) is 21.8. The maximum absolute atomic E-state index is 12.5. The molecule has 0 unspecified atom stereocenters. The fraction of sp³-hybridized carbons (Fsp3) is 0.0833. The minimum atomic E-state index is -0.460. The summed E-state index contributed by atoms with van der Waals surface area (Å²) in [4.78, 5) is 12.5. The van der Waals surface area contributed by atoms with Gasteiger partial charge in [0.05, 0.1) is 8.95 Å². The average molecular weight is 526 g/mol. The quantitative estimate of drug-likeness (QED) is 0.289. The molecule has 0 fully saturated rings. The van der Waals surface area contributed by atoms with Gasteiger partial charge in [0.1, 0.15) is 24.0 Å². The number of carbonyl (C=O) groups is 1. The molecule has 3 rings (SSSR count). The molecule has 0 aliphatic rings. The number of hydrogen-bond donors (Lipinski definition) is 1. The predicted molar refractivity (Wildman–Crippen MR) is 126 cm³/mol. The van der Waals surface area contributed by atoms with Crippen molar-refractivity contribution in [2.45, 2.75) is 13.5 Å². The highest BCUT2D eigenvalue weighted by molar-refractivity contribution is 9.11. The highest BCUT2D eigenvalue weighted by Crippen LogP contribution is 2.36. The van der Waals surface area contributed by atoms with Gasteiger partial charge in [-0.15, -0.1) is 0 Å². The lowest BCUT2D eigenvalue weighted by molar-refractivity contribution is -0.112. The Morgan fingerprint density at radius 3 is 2.30 bits per heavy atom. The fourth-order valence-corrected chi connectivity index (χ4v) is 4.13. The van der Waals surface area contributed by atoms with E-state index in [1.807, 2.05) is 67.6 Å². The highest BCUT2D eigenvalue weighted by Gasteiger charge is 2.13. The summed E-state index contributed by atoms with van der Waals surface area (Å²) in [6, 6.07) is 22.8. The maximum Gasteiger partial charge on any atom is 0.266 e. The Balaban J connectivity index is 1.76. The first-order valence-corrected chi connectivity index (χ1v) is 10.7. The Labute approximate surface area is 192 Å². The molecule has 0 bridgehead atoms. The number of ether oxygens (including phenoxy) is 1. The smallest absolute Gasteiger partial charge is 0.266 e. The van der Waals surface area contributed by atoms with Gasteiger partial charge in [0, 0.05) is 5.69 Å². The molecule has 0 atom stereocenters. The van der Waals surface area contributed by atoms with Crippen molar-refractivity contribution in [3.8, 4) is 11.8 Å². The third-order valence-corrected chi connectivity index (χ3v) is 5.41. The molecule has 0 aliphatic carbocycles. The van der Waals surface area contributed by atoms with E-state index < -0.39 is 5.91 Å². The van der Waals surface area contributed by atoms with Crippen molar-refractivity contribution in [2.24, 2.45) is 0 Å². The fourth-order valence-electron chi connectivity index (χ4n) is 2.68. The van der Waals surface area contributed by atoms with Crippen LogP contribution in [0.15, 0.2) is 81.2 Å². The third-order valence-electron chi connectivity index (χ3n) is 4.23. The lowest BCUT2D eigenvalue weighted by Crippen LogP contribution is -2.13. The summed E-state index contributed by atoms with van der Waals surface area (Å²) in [5.74, 6) is 0.191. The summed E-state index contributed by atoms with van der Waals surface area (Å²) in [5, 5.41) is 12.2. The number of amides is 1. The second kappa shape index (κ2) is 10.2. The van der Waals surface area contributed by atoms with Crippen LogP contribution in [0.3, 0.4) is 0 Å². The number of anilines is 1. The van der Waals surface area contributed by atoms with Crippen molar-refractivity contribution in [3.63, 3.8) is 0 Å². The van der Waals surface area contributed by atoms with E-state index in [-0.39, 0.29) is 5.57 Å². The first-order valence-electron chi connectivity index (χ1n) is 9.12. The zero-order chi connectivity index (χ0) is 21.5. The molecule has 30 heavy (non-hydrogen) atoms. The zero-order valence-corrected chi connectivity index (χ0v) is 19.3. The van der Waals surface area contributed by atoms with Gasteiger partial charge in [0.25, 0.3) is 5.91 Å². The average Bonchev–Trinajstić information content (AvgIpc) is 2.73. The lowest BCUT2D eigenvalue weighted by Gasteiger charge is -2.12. The third kappa shape index (κ3) is 5.82. The summed E-state index contributed by atoms with van der Waals surface area (Å²) in [5.41, 5.74) is 3.48. The van der Waals surface area contributed by atoms with Gasteiger partial charge in [-0.25, -0.2) is 0 Å². The molecule has 0 heterocycles. The zero-order valence-electron chi connectivity index (χ0n) is 16.2. The minimum Gasteiger partial charge on any atom is -0.487 e. The van der Waals surface area contributed by atoms with E-state index in [4.69, 9.17) is 4.74 Å². The van der Waals surface area contributed by atoms with Crippen molar-refractivity contribution < 1.29 is 9.53 Å². The normalized spacial score (nSPS) is 10.9. The Bertz CT molecular complexity index is 1100. The van der Waals surface area contributed by atoms with E-state index >= 15 is 0 Å². The van der Waals surface area contributed by atoms with E-state index in [1.165, 1.54) is 0 Å². The van der Waals surface area contributed by atoms with Gasteiger partial charge in [-0.3, -0.25) is 4.79 Å². The Kier molecular flexibility index (Phi) is 7.45. The van der Waals surface area contributed by atoms with Crippen LogP contribution in [0.4, 0.5) is 5.69 Å². The number of rotatable bonds is 6. The van der Waals surface area contributed by atoms with Crippen LogP contribution >= 0.6 is 31.9 Å². The number of aryl methyl sites for hydroxylation is 1. The summed E-state index contributed by atoms with van der Waals surface area (Å²) >= 11 is 7.03. The molecule has 1 N–H and O–H groups in total. The maximum atomic E-state index is 12.5. The number of hydrogen-bond acceptors (Lipinski definition) is 3. The number of halogens is 2. The molecule has 0 spiro atoms. The van der Waals surface area contributed by atoms with Crippen molar-refractivity contribution in [2.75, 3.05) is 5.32 Å². The van der Waals surface area contributed by atoms with Crippen LogP contribution in [0.1, 0.15) is 16.7 Å². The van der Waals surface area contributed by atoms with Crippen LogP contribution in [0, 0.1) is 18.3 Å². The molecule has 0 aromatic heterocycles. The molecule has 0 radical (unpaired) electrons. The van der Waals surface area contributed by atoms with Crippen LogP contribution in [-0.4, -0.2) is 5.91 Å². The summed E-state index contributed by atoms with van der Waals surface area (Å²) in [6.07, 6.45) is 1.54. The van der Waals surface area contributed by atoms with Crippen LogP contribution in [-0.2, 0) is 11.4 Å². The number of nitriles is 1. The molecule has 6 heteroatoms. The first-order chi connectivity index (χ1) is 14.5. The minimum absolute atomic E-state index is 0.00679. The van der Waals surface area contributed by atoms with Gasteiger partial charge < -0.3 is 10.1 Å². The van der Waals surface area contributed by atoms with Gasteiger partial charge >= 0.3 is 0 Å². The van der Waals surface area contributed by atoms with E-state index in [1.54, 1.807) is 18.2 Å². The van der Waals surface area contributed by atoms with Gasteiger partial charge in [-0.05, 0) is 80.3 Å². The van der Waals surface area contributed by atoms with Gasteiger partial charge in [-0.1, -0.05) is 48.0 Å². The number of benzene rings is 3. The predicted octanol–water partition coefficient (Wildman–Crippen LogP) is 6.64. The Morgan fingerprint density at radius 2 is 1.70 bits per heavy atom. The van der Waals surface area contributed by atoms with Crippen LogP contribution in [0.25, 0.3) is 6.08 Å². The van der Waals surface area contributed by atoms with Gasteiger partial charge in [-0.2, -0.15) is 5.26 Å². The largest absolute Gasteiger partial charge is 0.487 e. The van der Waals surface area contributed by atoms with Gasteiger partial charge in [0.15, 0.2) is 0 Å². The van der Waals surface area contributed by atoms with Crippen molar-refractivity contribution in [1.29, 1.82) is 5.26 Å². The molecule has 150 valence electrons. The molecule has 3 aromatic carbocycles. The molecular weight excluding hydrogens is 508 g/mol. The van der Waals surface area contributed by atoms with Gasteiger partial charge in [0.2, 0.25) is 0 Å². The van der Waals surface area contributed by atoms with Crippen LogP contribution in [0.5, 0.6) is 5.75 Å². The molecule has 0 saturated heterocycles. The number of nitrogens with zero attached hydrogens (tertiary/aromatic N) is 1. The summed E-state index contributed by atoms with van der Waals surface area (Å²) in [6.45, 7) is 2.39. The standard InChI is InChI=1S/C24H18Br2N2O2/c1-16-7-9-20(10-8-16)28-24(29)19(14-27)11-18-12-21(25)23(22(26)13-18)30-15-17-5-3-2-4-6-17/h2-13H,15H2,1H3,(H,28,29)/b19-11-. The number of carbonyl (C=O) groups excluding carboxylic acids is 1. The molecule has 0 aliphatic heterocycles. The van der Waals surface area contributed by atoms with Crippen molar-refractivity contribution in [3.05, 3.63) is 97.9 Å². The van der Waals surface area contributed by atoms with Crippen molar-refractivity contribution >= 4 is 49.5 Å². The Hall–Kier alpha value is -2.88. The topological polar surface area (TPSA) is 62.1 Å². The molecule has 3 aromatic rings. The molecular formula is C24H18Br2N2O2. The van der Waals surface area contributed by atoms with E-state index in [0.29, 0.717) is 23.6 Å². The number of nitrogens with one attached hydrogen (secondary N) is 1. The second-order valence-corrected chi connectivity index (χ2v) is 8.29. The second-order valence-electron chi connectivity index (χ2n) is 6.58. The van der Waals surface area contributed by atoms with Crippen LogP contribution in [0.2, 0.25) is 0 Å². The Morgan fingerprint density at radius 1 is 1.07 bits per heavy atom. The van der Waals surface area contributed by atoms with E-state index in [9.17, 15) is 10.1 Å². The van der Waals surface area contributed by atoms with E-state index in [0.717, 1.165) is 20.1 Å². The van der Waals surface area contributed by atoms with E-state index in [2.05, 4.69) is 37.2 Å². The highest BCUT2D eigenvalue weighted by atomic mass is 79.9. The van der Waals surface area contributed by atoms with Crippen molar-refractivity contribution in [1.82, 2.24) is 0 Å². The summed E-state index contributed by atoms with van der Waals surface area (Å²) < 4.78 is 7.35. The SMILES string of the molecule is Cc1ccc(NC(=O)/C(C#N)=C\c2cc(Br)c(OCc3ccccc3)c(Br)c2)cc1.